The van der Waals surface area contributed by atoms with Crippen molar-refractivity contribution in [1.29, 1.82) is 0 Å². The average Bonchev–Trinajstić information content (AvgIpc) is 2.56. The standard InChI is InChI=1S/C16H14Cl2N2O3S/c17-12-7-5-11(6-8-12)15-16(21)19-9-10-20(15)24(22,23)14-4-2-1-3-13(14)18/h1-8,15H,9-10H2,(H,19,21). The summed E-state index contributed by atoms with van der Waals surface area (Å²) in [5.74, 6) is -0.376. The summed E-state index contributed by atoms with van der Waals surface area (Å²) in [4.78, 5) is 12.4. The summed E-state index contributed by atoms with van der Waals surface area (Å²) >= 11 is 11.9. The largest absolute Gasteiger partial charge is 0.353 e. The molecule has 1 saturated heterocycles. The fourth-order valence-electron chi connectivity index (χ4n) is 2.65. The summed E-state index contributed by atoms with van der Waals surface area (Å²) in [6.07, 6.45) is 0. The molecule has 5 nitrogen and oxygen atoms in total. The molecule has 1 N–H and O–H groups in total. The number of rotatable bonds is 3. The highest BCUT2D eigenvalue weighted by atomic mass is 35.5. The van der Waals surface area contributed by atoms with Gasteiger partial charge in [-0.3, -0.25) is 4.79 Å². The lowest BCUT2D eigenvalue weighted by Crippen LogP contribution is -2.52. The maximum absolute atomic E-state index is 13.0. The number of hydrogen-bond donors (Lipinski definition) is 1. The second kappa shape index (κ2) is 6.72. The van der Waals surface area contributed by atoms with Crippen LogP contribution in [0.25, 0.3) is 0 Å². The fraction of sp³-hybridized carbons (Fsp3) is 0.188. The van der Waals surface area contributed by atoms with E-state index in [1.165, 1.54) is 16.4 Å². The van der Waals surface area contributed by atoms with Crippen LogP contribution in [-0.2, 0) is 14.8 Å². The predicted octanol–water partition coefficient (Wildman–Crippen LogP) is 2.86. The van der Waals surface area contributed by atoms with Crippen molar-refractivity contribution in [3.63, 3.8) is 0 Å². The van der Waals surface area contributed by atoms with Crippen molar-refractivity contribution in [2.75, 3.05) is 13.1 Å². The normalized spacial score (nSPS) is 19.1. The van der Waals surface area contributed by atoms with E-state index >= 15 is 0 Å². The first-order valence-electron chi connectivity index (χ1n) is 7.21. The van der Waals surface area contributed by atoms with Crippen molar-refractivity contribution in [2.24, 2.45) is 0 Å². The van der Waals surface area contributed by atoms with Gasteiger partial charge in [-0.15, -0.1) is 0 Å². The Hall–Kier alpha value is -1.60. The van der Waals surface area contributed by atoms with Gasteiger partial charge in [0.25, 0.3) is 0 Å². The molecule has 2 aromatic carbocycles. The van der Waals surface area contributed by atoms with E-state index in [0.29, 0.717) is 10.6 Å². The van der Waals surface area contributed by atoms with Crippen LogP contribution >= 0.6 is 23.2 Å². The first-order valence-corrected chi connectivity index (χ1v) is 9.40. The summed E-state index contributed by atoms with van der Waals surface area (Å²) in [6, 6.07) is 11.8. The van der Waals surface area contributed by atoms with Gasteiger partial charge in [0.15, 0.2) is 0 Å². The SMILES string of the molecule is O=C1NCCN(S(=O)(=O)c2ccccc2Cl)C1c1ccc(Cl)cc1. The Kier molecular flexibility index (Phi) is 4.83. The molecule has 1 amide bonds. The van der Waals surface area contributed by atoms with Crippen molar-refractivity contribution in [2.45, 2.75) is 10.9 Å². The van der Waals surface area contributed by atoms with Gasteiger partial charge in [-0.25, -0.2) is 8.42 Å². The number of halogens is 2. The minimum Gasteiger partial charge on any atom is -0.353 e. The van der Waals surface area contributed by atoms with Gasteiger partial charge in [0.1, 0.15) is 10.9 Å². The molecule has 0 bridgehead atoms. The third-order valence-corrected chi connectivity index (χ3v) is 6.39. The number of sulfonamides is 1. The van der Waals surface area contributed by atoms with Gasteiger partial charge in [0, 0.05) is 18.1 Å². The van der Waals surface area contributed by atoms with E-state index in [2.05, 4.69) is 5.32 Å². The van der Waals surface area contributed by atoms with Crippen LogP contribution in [0.3, 0.4) is 0 Å². The van der Waals surface area contributed by atoms with Crippen LogP contribution in [0.1, 0.15) is 11.6 Å². The Morgan fingerprint density at radius 2 is 1.71 bits per heavy atom. The predicted molar refractivity (Wildman–Crippen MR) is 92.5 cm³/mol. The summed E-state index contributed by atoms with van der Waals surface area (Å²) in [6.45, 7) is 0.402. The number of hydrogen-bond acceptors (Lipinski definition) is 3. The highest BCUT2D eigenvalue weighted by Gasteiger charge is 2.40. The molecular formula is C16H14Cl2N2O3S. The van der Waals surface area contributed by atoms with E-state index in [1.54, 1.807) is 36.4 Å². The fourth-order valence-corrected chi connectivity index (χ4v) is 4.85. The van der Waals surface area contributed by atoms with Crippen LogP contribution in [0.4, 0.5) is 0 Å². The molecule has 0 spiro atoms. The van der Waals surface area contributed by atoms with Gasteiger partial charge in [-0.1, -0.05) is 47.5 Å². The molecule has 0 saturated carbocycles. The lowest BCUT2D eigenvalue weighted by molar-refractivity contribution is -0.126. The zero-order valence-corrected chi connectivity index (χ0v) is 14.8. The number of carbonyl (C=O) groups is 1. The van der Waals surface area contributed by atoms with Crippen LogP contribution < -0.4 is 5.32 Å². The summed E-state index contributed by atoms with van der Waals surface area (Å²) in [5.41, 5.74) is 0.548. The van der Waals surface area contributed by atoms with E-state index < -0.39 is 16.1 Å². The quantitative estimate of drug-likeness (QED) is 0.884. The number of carbonyl (C=O) groups excluding carboxylic acids is 1. The van der Waals surface area contributed by atoms with Crippen LogP contribution in [0.5, 0.6) is 0 Å². The molecule has 0 aromatic heterocycles. The van der Waals surface area contributed by atoms with Crippen LogP contribution in [0.2, 0.25) is 10.0 Å². The average molecular weight is 385 g/mol. The smallest absolute Gasteiger partial charge is 0.245 e. The zero-order chi connectivity index (χ0) is 17.3. The van der Waals surface area contributed by atoms with Gasteiger partial charge in [0.05, 0.1) is 5.02 Å². The number of nitrogens with zero attached hydrogens (tertiary/aromatic N) is 1. The maximum Gasteiger partial charge on any atom is 0.245 e. The summed E-state index contributed by atoms with van der Waals surface area (Å²) in [7, 11) is -3.93. The highest BCUT2D eigenvalue weighted by Crippen LogP contribution is 2.32. The molecule has 1 fully saturated rings. The van der Waals surface area contributed by atoms with Gasteiger partial charge in [-0.2, -0.15) is 4.31 Å². The van der Waals surface area contributed by atoms with Crippen LogP contribution in [0, 0.1) is 0 Å². The molecule has 1 heterocycles. The minimum absolute atomic E-state index is 0.0136. The molecule has 3 rings (SSSR count). The number of nitrogens with one attached hydrogen (secondary N) is 1. The van der Waals surface area contributed by atoms with Crippen LogP contribution in [0.15, 0.2) is 53.4 Å². The van der Waals surface area contributed by atoms with E-state index in [1.807, 2.05) is 0 Å². The molecule has 8 heteroatoms. The van der Waals surface area contributed by atoms with E-state index in [9.17, 15) is 13.2 Å². The lowest BCUT2D eigenvalue weighted by atomic mass is 10.1. The topological polar surface area (TPSA) is 66.5 Å². The van der Waals surface area contributed by atoms with Crippen molar-refractivity contribution < 1.29 is 13.2 Å². The maximum atomic E-state index is 13.0. The van der Waals surface area contributed by atoms with Crippen molar-refractivity contribution in [1.82, 2.24) is 9.62 Å². The first kappa shape index (κ1) is 17.2. The third-order valence-electron chi connectivity index (χ3n) is 3.78. The van der Waals surface area contributed by atoms with Crippen LogP contribution in [-0.4, -0.2) is 31.7 Å². The number of piperazine rings is 1. The molecule has 0 radical (unpaired) electrons. The first-order chi connectivity index (χ1) is 11.4. The Morgan fingerprint density at radius 3 is 2.38 bits per heavy atom. The highest BCUT2D eigenvalue weighted by molar-refractivity contribution is 7.89. The van der Waals surface area contributed by atoms with Crippen molar-refractivity contribution >= 4 is 39.1 Å². The summed E-state index contributed by atoms with van der Waals surface area (Å²) < 4.78 is 27.3. The third kappa shape index (κ3) is 3.15. The Labute approximate surface area is 150 Å². The monoisotopic (exact) mass is 384 g/mol. The van der Waals surface area contributed by atoms with Crippen molar-refractivity contribution in [3.8, 4) is 0 Å². The molecule has 1 aliphatic heterocycles. The number of benzene rings is 2. The number of amides is 1. The molecule has 0 aliphatic carbocycles. The summed E-state index contributed by atoms with van der Waals surface area (Å²) in [5, 5.41) is 3.34. The van der Waals surface area contributed by atoms with Gasteiger partial charge >= 0.3 is 0 Å². The lowest BCUT2D eigenvalue weighted by Gasteiger charge is -2.34. The zero-order valence-electron chi connectivity index (χ0n) is 12.4. The Bertz CT molecular complexity index is 869. The van der Waals surface area contributed by atoms with E-state index in [4.69, 9.17) is 23.2 Å². The van der Waals surface area contributed by atoms with E-state index in [-0.39, 0.29) is 28.9 Å². The second-order valence-corrected chi connectivity index (χ2v) is 7.99. The van der Waals surface area contributed by atoms with E-state index in [0.717, 1.165) is 0 Å². The van der Waals surface area contributed by atoms with Gasteiger partial charge in [0.2, 0.25) is 15.9 Å². The Morgan fingerprint density at radius 1 is 1.04 bits per heavy atom. The molecule has 126 valence electrons. The van der Waals surface area contributed by atoms with Gasteiger partial charge < -0.3 is 5.32 Å². The van der Waals surface area contributed by atoms with Gasteiger partial charge in [-0.05, 0) is 29.8 Å². The molecule has 24 heavy (non-hydrogen) atoms. The molecule has 1 unspecified atom stereocenters. The molecule has 1 aliphatic rings. The molecular weight excluding hydrogens is 371 g/mol. The minimum atomic E-state index is -3.93. The molecule has 2 aromatic rings. The van der Waals surface area contributed by atoms with Crippen molar-refractivity contribution in [3.05, 3.63) is 64.1 Å². The molecule has 1 atom stereocenters. The second-order valence-electron chi connectivity index (χ2n) is 5.29. The Balaban J connectivity index is 2.08.